The zero-order valence-corrected chi connectivity index (χ0v) is 15.2. The molecular formula is C20H25N3O2. The van der Waals surface area contributed by atoms with Gasteiger partial charge in [0.1, 0.15) is 0 Å². The molecule has 2 aromatic rings. The lowest BCUT2D eigenvalue weighted by Gasteiger charge is -2.22. The van der Waals surface area contributed by atoms with Gasteiger partial charge in [-0.15, -0.1) is 0 Å². The van der Waals surface area contributed by atoms with Crippen LogP contribution in [0.3, 0.4) is 0 Å². The van der Waals surface area contributed by atoms with Gasteiger partial charge in [0.15, 0.2) is 0 Å². The Labute approximate surface area is 148 Å². The van der Waals surface area contributed by atoms with Gasteiger partial charge in [0.05, 0.1) is 18.3 Å². The topological polar surface area (TPSA) is 71.1 Å². The van der Waals surface area contributed by atoms with Gasteiger partial charge in [-0.1, -0.05) is 37.1 Å². The van der Waals surface area contributed by atoms with E-state index in [0.29, 0.717) is 5.56 Å². The van der Waals surface area contributed by atoms with Crippen molar-refractivity contribution in [3.05, 3.63) is 65.0 Å². The summed E-state index contributed by atoms with van der Waals surface area (Å²) in [5.74, 6) is -0.295. The molecule has 0 bridgehead atoms. The first-order valence-electron chi connectivity index (χ1n) is 8.43. The van der Waals surface area contributed by atoms with Crippen LogP contribution < -0.4 is 10.6 Å². The molecule has 1 aromatic carbocycles. The van der Waals surface area contributed by atoms with Gasteiger partial charge < -0.3 is 10.6 Å². The number of rotatable bonds is 6. The van der Waals surface area contributed by atoms with E-state index in [1.165, 1.54) is 0 Å². The number of hydrogen-bond acceptors (Lipinski definition) is 3. The number of pyridine rings is 1. The predicted octanol–water partition coefficient (Wildman–Crippen LogP) is 2.94. The zero-order valence-electron chi connectivity index (χ0n) is 15.2. The largest absolute Gasteiger partial charge is 0.346 e. The second-order valence-corrected chi connectivity index (χ2v) is 6.60. The number of aromatic nitrogens is 1. The Hall–Kier alpha value is -2.69. The fourth-order valence-corrected chi connectivity index (χ4v) is 2.73. The van der Waals surface area contributed by atoms with Crippen LogP contribution in [0.25, 0.3) is 0 Å². The first-order valence-corrected chi connectivity index (χ1v) is 8.43. The summed E-state index contributed by atoms with van der Waals surface area (Å²) < 4.78 is 0. The molecule has 1 aromatic heterocycles. The highest BCUT2D eigenvalue weighted by molar-refractivity contribution is 5.96. The summed E-state index contributed by atoms with van der Waals surface area (Å²) in [6, 6.07) is 11.1. The maximum absolute atomic E-state index is 12.2. The Kier molecular flexibility index (Phi) is 6.28. The van der Waals surface area contributed by atoms with Crippen molar-refractivity contribution in [3.63, 3.8) is 0 Å². The minimum absolute atomic E-state index is 0.0676. The van der Waals surface area contributed by atoms with E-state index in [1.807, 2.05) is 64.1 Å². The zero-order chi connectivity index (χ0) is 18.4. The van der Waals surface area contributed by atoms with Crippen molar-refractivity contribution in [1.82, 2.24) is 15.6 Å². The third kappa shape index (κ3) is 5.41. The third-order valence-corrected chi connectivity index (χ3v) is 3.88. The summed E-state index contributed by atoms with van der Waals surface area (Å²) in [5.41, 5.74) is 3.41. The second-order valence-electron chi connectivity index (χ2n) is 6.60. The molecule has 0 fully saturated rings. The van der Waals surface area contributed by atoms with E-state index < -0.39 is 0 Å². The molecule has 0 saturated carbocycles. The van der Waals surface area contributed by atoms with E-state index in [2.05, 4.69) is 15.6 Å². The van der Waals surface area contributed by atoms with Crippen molar-refractivity contribution in [1.29, 1.82) is 0 Å². The van der Waals surface area contributed by atoms with Crippen LogP contribution in [0.4, 0.5) is 0 Å². The smallest absolute Gasteiger partial charge is 0.251 e. The van der Waals surface area contributed by atoms with E-state index in [4.69, 9.17) is 0 Å². The van der Waals surface area contributed by atoms with Gasteiger partial charge in [-0.2, -0.15) is 0 Å². The maximum atomic E-state index is 12.2. The lowest BCUT2D eigenvalue weighted by Crippen LogP contribution is -2.40. The fraction of sp³-hybridized carbons (Fsp3) is 0.350. The molecule has 25 heavy (non-hydrogen) atoms. The maximum Gasteiger partial charge on any atom is 0.251 e. The van der Waals surface area contributed by atoms with Crippen molar-refractivity contribution in [2.75, 3.05) is 6.54 Å². The number of carbonyl (C=O) groups excluding carboxylic acids is 2. The molecular weight excluding hydrogens is 314 g/mol. The normalized spacial score (nSPS) is 11.9. The quantitative estimate of drug-likeness (QED) is 0.850. The van der Waals surface area contributed by atoms with Crippen molar-refractivity contribution in [2.24, 2.45) is 5.92 Å². The molecule has 0 aliphatic heterocycles. The van der Waals surface area contributed by atoms with Crippen LogP contribution in [-0.4, -0.2) is 23.3 Å². The molecule has 132 valence electrons. The number of amides is 2. The average Bonchev–Trinajstić information content (AvgIpc) is 2.57. The Bertz CT molecular complexity index is 722. The van der Waals surface area contributed by atoms with E-state index in [0.717, 1.165) is 16.8 Å². The lowest BCUT2D eigenvalue weighted by molar-refractivity contribution is -0.121. The molecule has 0 saturated heterocycles. The SMILES string of the molecule is Cc1cc(C)cc(C(=O)NCC(=O)N[C@@H](c2ccccn2)C(C)C)c1. The van der Waals surface area contributed by atoms with Crippen LogP contribution in [0.15, 0.2) is 42.6 Å². The summed E-state index contributed by atoms with van der Waals surface area (Å²) >= 11 is 0. The van der Waals surface area contributed by atoms with Crippen LogP contribution in [0.2, 0.25) is 0 Å². The second kappa shape index (κ2) is 8.42. The monoisotopic (exact) mass is 339 g/mol. The van der Waals surface area contributed by atoms with Gasteiger partial charge in [-0.05, 0) is 44.0 Å². The van der Waals surface area contributed by atoms with Crippen LogP contribution in [0.1, 0.15) is 47.1 Å². The highest BCUT2D eigenvalue weighted by Gasteiger charge is 2.19. The van der Waals surface area contributed by atoms with Crippen molar-refractivity contribution >= 4 is 11.8 Å². The molecule has 2 rings (SSSR count). The van der Waals surface area contributed by atoms with Gasteiger partial charge in [0, 0.05) is 11.8 Å². The lowest BCUT2D eigenvalue weighted by atomic mass is 10.0. The molecule has 0 unspecified atom stereocenters. The molecule has 2 N–H and O–H groups in total. The molecule has 0 aliphatic rings. The van der Waals surface area contributed by atoms with Crippen LogP contribution in [0.5, 0.6) is 0 Å². The Morgan fingerprint density at radius 1 is 1.08 bits per heavy atom. The average molecular weight is 339 g/mol. The molecule has 5 nitrogen and oxygen atoms in total. The Balaban J connectivity index is 1.96. The molecule has 2 amide bonds. The van der Waals surface area contributed by atoms with Crippen molar-refractivity contribution in [2.45, 2.75) is 33.7 Å². The summed E-state index contributed by atoms with van der Waals surface area (Å²) in [4.78, 5) is 28.8. The van der Waals surface area contributed by atoms with Gasteiger partial charge in [-0.25, -0.2) is 0 Å². The van der Waals surface area contributed by atoms with Crippen molar-refractivity contribution in [3.8, 4) is 0 Å². The highest BCUT2D eigenvalue weighted by Crippen LogP contribution is 2.19. The molecule has 0 radical (unpaired) electrons. The van der Waals surface area contributed by atoms with E-state index in [-0.39, 0.29) is 30.3 Å². The Morgan fingerprint density at radius 3 is 2.32 bits per heavy atom. The van der Waals surface area contributed by atoms with Crippen molar-refractivity contribution < 1.29 is 9.59 Å². The minimum Gasteiger partial charge on any atom is -0.346 e. The Morgan fingerprint density at radius 2 is 1.76 bits per heavy atom. The molecule has 0 aliphatic carbocycles. The first-order chi connectivity index (χ1) is 11.9. The standard InChI is InChI=1S/C20H25N3O2/c1-13(2)19(17-7-5-6-8-21-17)23-18(24)12-22-20(25)16-10-14(3)9-15(4)11-16/h5-11,13,19H,12H2,1-4H3,(H,22,25)(H,23,24)/t19-/m1/s1. The van der Waals surface area contributed by atoms with E-state index in [9.17, 15) is 9.59 Å². The summed E-state index contributed by atoms with van der Waals surface area (Å²) in [6.07, 6.45) is 1.71. The first kappa shape index (κ1) is 18.6. The number of carbonyl (C=O) groups is 2. The highest BCUT2D eigenvalue weighted by atomic mass is 16.2. The fourth-order valence-electron chi connectivity index (χ4n) is 2.73. The molecule has 1 heterocycles. The van der Waals surface area contributed by atoms with Gasteiger partial charge in [0.2, 0.25) is 5.91 Å². The molecule has 0 spiro atoms. The predicted molar refractivity (Wildman–Crippen MR) is 98.2 cm³/mol. The number of aryl methyl sites for hydroxylation is 2. The molecule has 5 heteroatoms. The number of hydrogen-bond donors (Lipinski definition) is 2. The van der Waals surface area contributed by atoms with Gasteiger partial charge in [-0.3, -0.25) is 14.6 Å². The number of nitrogens with zero attached hydrogens (tertiary/aromatic N) is 1. The van der Waals surface area contributed by atoms with Crippen LogP contribution in [0, 0.1) is 19.8 Å². The number of benzene rings is 1. The van der Waals surface area contributed by atoms with Crippen LogP contribution >= 0.6 is 0 Å². The van der Waals surface area contributed by atoms with Gasteiger partial charge in [0.25, 0.3) is 5.91 Å². The third-order valence-electron chi connectivity index (χ3n) is 3.88. The summed E-state index contributed by atoms with van der Waals surface area (Å²) in [7, 11) is 0. The summed E-state index contributed by atoms with van der Waals surface area (Å²) in [5, 5.41) is 5.62. The van der Waals surface area contributed by atoms with E-state index >= 15 is 0 Å². The van der Waals surface area contributed by atoms with Crippen LogP contribution in [-0.2, 0) is 4.79 Å². The van der Waals surface area contributed by atoms with Gasteiger partial charge >= 0.3 is 0 Å². The summed E-state index contributed by atoms with van der Waals surface area (Å²) in [6.45, 7) is 7.86. The minimum atomic E-state index is -0.249. The number of nitrogens with one attached hydrogen (secondary N) is 2. The van der Waals surface area contributed by atoms with E-state index in [1.54, 1.807) is 6.20 Å². The molecule has 1 atom stereocenters.